The fourth-order valence-corrected chi connectivity index (χ4v) is 4.48. The van der Waals surface area contributed by atoms with Crippen molar-refractivity contribution in [1.29, 1.82) is 0 Å². The zero-order valence-electron chi connectivity index (χ0n) is 20.0. The number of aliphatic hydroxyl groups excluding tert-OH is 1. The van der Waals surface area contributed by atoms with Crippen LogP contribution in [0, 0.1) is 19.7 Å². The fraction of sp³-hybridized carbons (Fsp3) is 0.320. The van der Waals surface area contributed by atoms with Crippen molar-refractivity contribution in [2.45, 2.75) is 46.4 Å². The van der Waals surface area contributed by atoms with E-state index in [9.17, 15) is 14.0 Å². The minimum Gasteiger partial charge on any atom is -0.450 e. The van der Waals surface area contributed by atoms with Crippen molar-refractivity contribution in [2.75, 3.05) is 6.61 Å². The number of aromatic nitrogens is 2. The van der Waals surface area contributed by atoms with Crippen LogP contribution in [0.1, 0.15) is 40.7 Å². The van der Waals surface area contributed by atoms with Gasteiger partial charge >= 0.3 is 6.16 Å². The maximum Gasteiger partial charge on any atom is 0.506 e. The summed E-state index contributed by atoms with van der Waals surface area (Å²) in [4.78, 5) is 28.8. The Kier molecular flexibility index (Phi) is 6.95. The van der Waals surface area contributed by atoms with Crippen LogP contribution in [-0.2, 0) is 24.4 Å². The first kappa shape index (κ1) is 25.1. The number of fused-ring (bicyclic) bond motifs is 4. The molecule has 10 nitrogen and oxygen atoms in total. The van der Waals surface area contributed by atoms with E-state index in [-0.39, 0.29) is 37.4 Å². The van der Waals surface area contributed by atoms with Crippen molar-refractivity contribution >= 4 is 17.1 Å². The number of pyridine rings is 2. The average Bonchev–Trinajstić information content (AvgIpc) is 3.17. The van der Waals surface area contributed by atoms with E-state index in [0.717, 1.165) is 11.1 Å². The van der Waals surface area contributed by atoms with Gasteiger partial charge in [0, 0.05) is 35.5 Å². The molecule has 190 valence electrons. The van der Waals surface area contributed by atoms with Crippen molar-refractivity contribution < 1.29 is 24.1 Å². The molecule has 6 N–H and O–H groups in total. The summed E-state index contributed by atoms with van der Waals surface area (Å²) in [6, 6.07) is 4.83. The molecule has 36 heavy (non-hydrogen) atoms. The Morgan fingerprint density at radius 1 is 1.28 bits per heavy atom. The average molecular weight is 498 g/mol. The molecule has 0 amide bonds. The maximum atomic E-state index is 14.5. The van der Waals surface area contributed by atoms with Gasteiger partial charge in [-0.2, -0.15) is 0 Å². The number of rotatable bonds is 8. The third-order valence-corrected chi connectivity index (χ3v) is 6.30. The van der Waals surface area contributed by atoms with E-state index in [0.29, 0.717) is 52.0 Å². The van der Waals surface area contributed by atoms with Crippen LogP contribution in [0.2, 0.25) is 0 Å². The lowest BCUT2D eigenvalue weighted by atomic mass is 9.98. The molecule has 0 aliphatic carbocycles. The smallest absolute Gasteiger partial charge is 0.450 e. The molecule has 0 atom stereocenters. The molecule has 2 aromatic heterocycles. The van der Waals surface area contributed by atoms with Crippen molar-refractivity contribution in [3.05, 3.63) is 74.1 Å². The van der Waals surface area contributed by atoms with Gasteiger partial charge in [0.2, 0.25) is 0 Å². The summed E-state index contributed by atoms with van der Waals surface area (Å²) in [5.41, 5.74) is 10.5. The minimum absolute atomic E-state index is 0.0123. The molecule has 3 aromatic rings. The number of allylic oxidation sites excluding steroid dienone is 1. The molecule has 0 spiro atoms. The third-order valence-electron chi connectivity index (χ3n) is 6.30. The first-order chi connectivity index (χ1) is 17.1. The molecule has 0 fully saturated rings. The molecule has 3 heterocycles. The summed E-state index contributed by atoms with van der Waals surface area (Å²) >= 11 is 0. The van der Waals surface area contributed by atoms with Gasteiger partial charge in [-0.25, -0.2) is 20.0 Å². The zero-order chi connectivity index (χ0) is 26.1. The Labute approximate surface area is 206 Å². The summed E-state index contributed by atoms with van der Waals surface area (Å²) in [6.45, 7) is 3.42. The van der Waals surface area contributed by atoms with E-state index in [1.54, 1.807) is 32.2 Å². The molecule has 1 aromatic carbocycles. The lowest BCUT2D eigenvalue weighted by Crippen LogP contribution is -2.27. The Morgan fingerprint density at radius 2 is 2.03 bits per heavy atom. The van der Waals surface area contributed by atoms with Crippen molar-refractivity contribution in [3.8, 4) is 11.4 Å². The van der Waals surface area contributed by atoms with Crippen molar-refractivity contribution in [1.82, 2.24) is 14.6 Å². The zero-order valence-corrected chi connectivity index (χ0v) is 20.0. The Hall–Kier alpha value is -3.96. The number of hydrogen-bond donors (Lipinski definition) is 4. The Morgan fingerprint density at radius 3 is 2.72 bits per heavy atom. The van der Waals surface area contributed by atoms with E-state index in [4.69, 9.17) is 26.8 Å². The number of aryl methyl sites for hydroxylation is 2. The number of ether oxygens (including phenoxy) is 1. The number of carboxylic acid groups (broad SMARTS) is 1. The van der Waals surface area contributed by atoms with Gasteiger partial charge in [-0.05, 0) is 55.5 Å². The molecule has 0 saturated carbocycles. The molecule has 1 aliphatic rings. The van der Waals surface area contributed by atoms with E-state index in [1.807, 2.05) is 0 Å². The molecule has 11 heteroatoms. The molecule has 0 saturated heterocycles. The highest BCUT2D eigenvalue weighted by atomic mass is 19.1. The maximum absolute atomic E-state index is 14.5. The molecule has 0 bridgehead atoms. The number of halogens is 1. The Balaban J connectivity index is 1.85. The summed E-state index contributed by atoms with van der Waals surface area (Å²) in [5, 5.41) is 20.0. The second kappa shape index (κ2) is 9.96. The van der Waals surface area contributed by atoms with Gasteiger partial charge in [0.05, 0.1) is 35.6 Å². The highest BCUT2D eigenvalue weighted by Gasteiger charge is 2.28. The number of nitrogens with zero attached hydrogens (tertiary/aromatic N) is 3. The first-order valence-corrected chi connectivity index (χ1v) is 11.4. The van der Waals surface area contributed by atoms with Crippen molar-refractivity contribution in [3.63, 3.8) is 0 Å². The van der Waals surface area contributed by atoms with Gasteiger partial charge in [0.15, 0.2) is 0 Å². The topological polar surface area (TPSA) is 157 Å². The van der Waals surface area contributed by atoms with Gasteiger partial charge in [0.25, 0.3) is 5.56 Å². The molecule has 0 radical (unpaired) electrons. The normalized spacial score (nSPS) is 12.5. The minimum atomic E-state index is -1.47. The number of hydrazine groups is 1. The van der Waals surface area contributed by atoms with Crippen LogP contribution in [0.25, 0.3) is 22.3 Å². The second-order valence-electron chi connectivity index (χ2n) is 8.88. The fourth-order valence-electron chi connectivity index (χ4n) is 4.48. The molecular formula is C25H28FN5O5. The van der Waals surface area contributed by atoms with Crippen LogP contribution in [0.5, 0.6) is 0 Å². The van der Waals surface area contributed by atoms with E-state index < -0.39 is 12.0 Å². The summed E-state index contributed by atoms with van der Waals surface area (Å²) in [5.74, 6) is 5.86. The Bertz CT molecular complexity index is 1450. The van der Waals surface area contributed by atoms with Crippen molar-refractivity contribution in [2.24, 2.45) is 11.6 Å². The van der Waals surface area contributed by atoms with Crippen LogP contribution in [0.15, 0.2) is 34.9 Å². The number of hydrogen-bond acceptors (Lipinski definition) is 8. The largest absolute Gasteiger partial charge is 0.506 e. The standard InChI is InChI=1S/C25H28FN5O5/c1-13-7-22-23-18(11-31(22)24(33)19(13)12-36-25(34)35)17(10-30(28)9-15(27)4-3-5-32)16-6-14(2)20(26)8-21(16)29-23/h6-9,32H,3-5,10-12,27-28H2,1-2H3,(H,34,35)/b15-9-. The molecular weight excluding hydrogens is 469 g/mol. The lowest BCUT2D eigenvalue weighted by molar-refractivity contribution is 0.0848. The predicted octanol–water partition coefficient (Wildman–Crippen LogP) is 2.62. The van der Waals surface area contributed by atoms with Crippen LogP contribution < -0.4 is 17.1 Å². The third kappa shape index (κ3) is 4.75. The second-order valence-corrected chi connectivity index (χ2v) is 8.88. The molecule has 4 rings (SSSR count). The SMILES string of the molecule is Cc1cc2c(CN(N)/C=C(\N)CCCO)c3c(nc2cc1F)-c1cc(C)c(COC(=O)O)c(=O)n1C3. The van der Waals surface area contributed by atoms with E-state index in [2.05, 4.69) is 4.74 Å². The van der Waals surface area contributed by atoms with Crippen LogP contribution >= 0.6 is 0 Å². The van der Waals surface area contributed by atoms with Gasteiger partial charge in [-0.3, -0.25) is 4.79 Å². The summed E-state index contributed by atoms with van der Waals surface area (Å²) < 4.78 is 20.6. The van der Waals surface area contributed by atoms with E-state index in [1.165, 1.54) is 15.6 Å². The highest BCUT2D eigenvalue weighted by Crippen LogP contribution is 2.37. The van der Waals surface area contributed by atoms with Crippen LogP contribution in [-0.4, -0.2) is 37.5 Å². The van der Waals surface area contributed by atoms with Gasteiger partial charge in [-0.1, -0.05) is 0 Å². The van der Waals surface area contributed by atoms with Gasteiger partial charge in [-0.15, -0.1) is 0 Å². The van der Waals surface area contributed by atoms with Gasteiger partial charge in [0.1, 0.15) is 12.4 Å². The monoisotopic (exact) mass is 497 g/mol. The number of aliphatic hydroxyl groups is 1. The van der Waals surface area contributed by atoms with Crippen LogP contribution in [0.3, 0.4) is 0 Å². The number of benzene rings is 1. The lowest BCUT2D eigenvalue weighted by Gasteiger charge is -2.19. The predicted molar refractivity (Wildman–Crippen MR) is 131 cm³/mol. The number of nitrogens with two attached hydrogens (primary N) is 2. The summed E-state index contributed by atoms with van der Waals surface area (Å²) in [6.07, 6.45) is 1.10. The molecule has 0 unspecified atom stereocenters. The highest BCUT2D eigenvalue weighted by molar-refractivity contribution is 5.88. The summed E-state index contributed by atoms with van der Waals surface area (Å²) in [7, 11) is 0. The van der Waals surface area contributed by atoms with E-state index >= 15 is 0 Å². The van der Waals surface area contributed by atoms with Gasteiger partial charge < -0.3 is 30.3 Å². The quantitative estimate of drug-likeness (QED) is 0.163. The first-order valence-electron chi connectivity index (χ1n) is 11.4. The number of carbonyl (C=O) groups is 1. The van der Waals surface area contributed by atoms with Crippen LogP contribution in [0.4, 0.5) is 9.18 Å². The molecule has 1 aliphatic heterocycles.